The summed E-state index contributed by atoms with van der Waals surface area (Å²) < 4.78 is 76.7. The van der Waals surface area contributed by atoms with E-state index in [4.69, 9.17) is 69.3 Å². The number of carboxylic acids is 1. The molecule has 7 heterocycles. The van der Waals surface area contributed by atoms with Gasteiger partial charge >= 0.3 is 5.97 Å². The van der Waals surface area contributed by atoms with Gasteiger partial charge in [0.2, 0.25) is 6.39 Å². The normalized spacial score (nSPS) is 10.5. The molecule has 0 atom stereocenters. The summed E-state index contributed by atoms with van der Waals surface area (Å²) in [5, 5.41) is 106. The molecule has 0 fully saturated rings. The Morgan fingerprint density at radius 1 is 0.413 bits per heavy atom. The van der Waals surface area contributed by atoms with Crippen LogP contribution in [0.5, 0.6) is 69.0 Å². The van der Waals surface area contributed by atoms with Crippen molar-refractivity contribution in [2.45, 2.75) is 21.3 Å². The number of nitriles is 1. The van der Waals surface area contributed by atoms with Crippen molar-refractivity contribution in [3.8, 4) is 154 Å². The first-order valence-corrected chi connectivity index (χ1v) is 40.8. The number of nitrogens with zero attached hydrogens (tertiary/aromatic N) is 3. The minimum atomic E-state index is -1.17. The number of alkyl halides is 1. The van der Waals surface area contributed by atoms with Crippen molar-refractivity contribution in [1.82, 2.24) is 10.2 Å². The van der Waals surface area contributed by atoms with Gasteiger partial charge in [-0.2, -0.15) is 5.26 Å². The molecule has 0 unspecified atom stereocenters. The van der Waals surface area contributed by atoms with Gasteiger partial charge in [-0.1, -0.05) is 7.43 Å². The topological polar surface area (TPSA) is 418 Å². The number of hydrogen-bond acceptors (Lipinski definition) is 27. The van der Waals surface area contributed by atoms with Crippen LogP contribution in [-0.4, -0.2) is 106 Å². The summed E-state index contributed by atoms with van der Waals surface area (Å²) in [7, 11) is 6.64. The van der Waals surface area contributed by atoms with E-state index in [0.29, 0.717) is 72.5 Å². The van der Waals surface area contributed by atoms with Crippen LogP contribution in [0.4, 0.5) is 0 Å². The van der Waals surface area contributed by atoms with Gasteiger partial charge in [0.05, 0.1) is 60.6 Å². The van der Waals surface area contributed by atoms with Crippen LogP contribution >= 0.6 is 49.7 Å². The minimum absolute atomic E-state index is 0. The zero-order valence-corrected chi connectivity index (χ0v) is 71.0. The summed E-state index contributed by atoms with van der Waals surface area (Å²) in [5.41, 5.74) is 11.5. The lowest BCUT2D eigenvalue weighted by Crippen LogP contribution is -1.95. The average Bonchev–Trinajstić information content (AvgIpc) is 1.21. The second-order valence-electron chi connectivity index (χ2n) is 26.7. The molecular weight excluding hydrogens is 1740 g/mol. The number of carboxylic acid groups (broad SMARTS) is 1. The van der Waals surface area contributed by atoms with Gasteiger partial charge in [-0.05, 0) is 285 Å². The largest absolute Gasteiger partial charge is 1.00 e. The molecule has 19 aromatic rings. The highest BCUT2D eigenvalue weighted by Crippen LogP contribution is 2.43. The quantitative estimate of drug-likeness (QED) is 0.0290. The Balaban J connectivity index is 0.000000170. The summed E-state index contributed by atoms with van der Waals surface area (Å²) in [6.45, 7) is 3.89. The van der Waals surface area contributed by atoms with Crippen molar-refractivity contribution in [3.05, 3.63) is 288 Å². The minimum Gasteiger partial charge on any atom is -1.00 e. The molecule has 0 aliphatic carbocycles. The first-order valence-electron chi connectivity index (χ1n) is 37.2. The number of rotatable bonds is 13. The predicted molar refractivity (Wildman–Crippen MR) is 493 cm³/mol. The zero-order valence-electron chi connectivity index (χ0n) is 69.1. The lowest BCUT2D eigenvalue weighted by Gasteiger charge is -2.03. The second-order valence-corrected chi connectivity index (χ2v) is 28.7. The van der Waals surface area contributed by atoms with Gasteiger partial charge in [0.15, 0.2) is 0 Å². The van der Waals surface area contributed by atoms with E-state index in [2.05, 4.69) is 43.8 Å². The molecule has 26 nitrogen and oxygen atoms in total. The maximum atomic E-state index is 11.2. The molecule has 11 N–H and O–H groups in total. The van der Waals surface area contributed by atoms with Gasteiger partial charge in [0.1, 0.15) is 154 Å². The maximum Gasteiger partial charge on any atom is 0.339 e. The molecule has 0 saturated heterocycles. The molecule has 30 heteroatoms. The molecule has 0 saturated carbocycles. The van der Waals surface area contributed by atoms with Crippen LogP contribution in [0, 0.1) is 25.2 Å². The molecule has 0 aliphatic rings. The molecule has 19 rings (SSSR count). The molecule has 0 aliphatic heterocycles. The third-order valence-corrected chi connectivity index (χ3v) is 20.2. The van der Waals surface area contributed by atoms with E-state index >= 15 is 0 Å². The number of halogens is 2. The van der Waals surface area contributed by atoms with Crippen LogP contribution in [0.15, 0.2) is 297 Å². The number of aromatic carboxylic acids is 1. The fourth-order valence-electron chi connectivity index (χ4n) is 12.9. The number of carbonyl (C=O) groups is 1. The Morgan fingerprint density at radius 2 is 0.770 bits per heavy atom. The third kappa shape index (κ3) is 21.5. The summed E-state index contributed by atoms with van der Waals surface area (Å²) in [6, 6.07) is 74.9. The molecular formula is C96H81BrClN3O23S2-2. The first-order chi connectivity index (χ1) is 60.4. The van der Waals surface area contributed by atoms with E-state index in [0.717, 1.165) is 128 Å². The van der Waals surface area contributed by atoms with Crippen molar-refractivity contribution in [2.24, 2.45) is 0 Å². The Hall–Kier alpha value is -15.0. The number of fused-ring (bicyclic) bond motifs is 6. The second kappa shape index (κ2) is 42.2. The van der Waals surface area contributed by atoms with Crippen molar-refractivity contribution in [3.63, 3.8) is 0 Å². The van der Waals surface area contributed by atoms with Crippen LogP contribution in [0.2, 0.25) is 0 Å². The number of benzene rings is 12. The van der Waals surface area contributed by atoms with Gasteiger partial charge in [-0.15, -0.1) is 21.8 Å². The summed E-state index contributed by atoms with van der Waals surface area (Å²) in [6.07, 6.45) is 2.69. The van der Waals surface area contributed by atoms with Gasteiger partial charge in [-0.25, -0.2) is 4.79 Å². The number of hydrogen-bond donors (Lipinski definition) is 11. The van der Waals surface area contributed by atoms with Crippen LogP contribution in [0.3, 0.4) is 0 Å². The van der Waals surface area contributed by atoms with E-state index in [-0.39, 0.29) is 78.9 Å². The Morgan fingerprint density at radius 3 is 1.17 bits per heavy atom. The van der Waals surface area contributed by atoms with Gasteiger partial charge in [-0.3, -0.25) is 0 Å². The summed E-state index contributed by atoms with van der Waals surface area (Å²) >= 11 is 8.84. The molecule has 0 amide bonds. The van der Waals surface area contributed by atoms with Crippen molar-refractivity contribution >= 4 is 121 Å². The van der Waals surface area contributed by atoms with Crippen LogP contribution in [0.1, 0.15) is 37.3 Å². The highest BCUT2D eigenvalue weighted by molar-refractivity contribution is 9.10. The number of aromatic nitrogens is 2. The highest BCUT2D eigenvalue weighted by Gasteiger charge is 2.21. The van der Waals surface area contributed by atoms with Crippen LogP contribution in [-0.2, 0) is 0 Å². The van der Waals surface area contributed by atoms with E-state index in [1.54, 1.807) is 156 Å². The molecule has 0 bridgehead atoms. The van der Waals surface area contributed by atoms with Gasteiger partial charge < -0.3 is 108 Å². The number of aromatic hydroxyl groups is 8. The van der Waals surface area contributed by atoms with Crippen molar-refractivity contribution in [1.29, 1.82) is 5.26 Å². The summed E-state index contributed by atoms with van der Waals surface area (Å²) in [5.74, 6) is 7.34. The first kappa shape index (κ1) is 91.7. The number of aryl methyl sites for hydroxylation is 2. The van der Waals surface area contributed by atoms with E-state index in [1.165, 1.54) is 43.1 Å². The van der Waals surface area contributed by atoms with Gasteiger partial charge in [0.25, 0.3) is 5.89 Å². The third-order valence-electron chi connectivity index (χ3n) is 19.1. The van der Waals surface area contributed by atoms with E-state index in [9.17, 15) is 45.6 Å². The lowest BCUT2D eigenvalue weighted by molar-refractivity contribution is 0.0697. The molecule has 646 valence electrons. The summed E-state index contributed by atoms with van der Waals surface area (Å²) in [4.78, 5) is 11.2. The fraction of sp³-hybridized carbons (Fsp3) is 0.0833. The lowest BCUT2D eigenvalue weighted by atomic mass is 10.1. The maximum absolute atomic E-state index is 11.2. The van der Waals surface area contributed by atoms with Gasteiger partial charge in [0, 0.05) is 83.2 Å². The van der Waals surface area contributed by atoms with Crippen molar-refractivity contribution < 1.29 is 113 Å². The number of furan rings is 6. The zero-order chi connectivity index (χ0) is 89.1. The highest BCUT2D eigenvalue weighted by atomic mass is 79.9. The number of ether oxygens (including phenoxy) is 4. The van der Waals surface area contributed by atoms with E-state index < -0.39 is 5.97 Å². The Kier molecular flexibility index (Phi) is 30.7. The number of phenols is 8. The predicted octanol–water partition coefficient (Wildman–Crippen LogP) is 26.3. The van der Waals surface area contributed by atoms with Crippen molar-refractivity contribution in [2.75, 3.05) is 34.8 Å². The van der Waals surface area contributed by atoms with E-state index in [1.807, 2.05) is 105 Å². The Bertz CT molecular complexity index is 6820. The SMILES string of the molecule is C.CCl.COc1ccc(-c2cc3c(Br)c(OC)ccc3o2)cc1.COc1ccc(-c2cc3c(C)c(OC)ccc3o2)cc1.Cc1c(O)ccc2oc(-c3ccc(O)cc3)cc12.N#Cc1c(O)ccc2oc(-c3ccc(O)cc3)cc12.O=C(O)c1cc(O)cc2cc(-c3ccc(O)cc3)oc12.OSSO.Oc1ccc(-c2cc3cc(O)cc(-c4nnco4)c3o2)cc1.[3H-].[3H-]. The smallest absolute Gasteiger partial charge is 0.339 e. The molecule has 0 spiro atoms. The average molecular weight is 1830 g/mol. The fourth-order valence-corrected chi connectivity index (χ4v) is 13.5. The molecule has 0 radical (unpaired) electrons. The molecule has 7 aromatic heterocycles. The standard InChI is InChI=1S/C17H16O3.C16H13BrO3.C16H10N2O4.C15H9NO3.C15H10O5.C15H12O3.CH3Cl.CH4.H2O2S2.2H/c1-11-14-10-17(12-4-6-13(18-2)7-5-12)20-16(14)9-8-15(11)19-3;1-18-11-5-3-10(4-6-11)15-9-12-13(20-15)7-8-14(19-2)16(12)17;19-11-3-1-9(2-4-11)14-6-10-5-12(20)7-13(15(10)22-14)16-18-17-8-21-16;16-8-12-11-7-15(9-1-3-10(17)4-2-9)19-14(11)6-5-13(12)18;16-10-3-1-8(2-4-10)13-6-9-5-11(17)7-12(15(18)19)14(9)20-13;1-9-12-8-15(10-2-4-11(16)5-3-10)18-14(12)7-6-13(9)17;1-2;;1-3-4-2;;/h4-10H,1-3H3;3-9H,1-2H3;1-8,19-20H;1-7,17-18H;1-7,16-17H,(H,18,19);2-8,16-17H,1H3;1H3;1H4;1-2H;;/q;;;;;;;;;2*-1/i;;;;;;;;;2*1+2. The molecule has 126 heavy (non-hydrogen) atoms. The monoisotopic (exact) mass is 1830 g/mol. The number of phenolic OH excluding ortho intramolecular Hbond substituents is 8. The Labute approximate surface area is 743 Å². The number of methoxy groups -OCH3 is 4. The van der Waals surface area contributed by atoms with Crippen LogP contribution in [0.25, 0.3) is 145 Å². The molecule has 12 aromatic carbocycles. The van der Waals surface area contributed by atoms with Crippen LogP contribution < -0.4 is 18.9 Å².